The van der Waals surface area contributed by atoms with Crippen LogP contribution in [0.25, 0.3) is 0 Å². The summed E-state index contributed by atoms with van der Waals surface area (Å²) in [6.45, 7) is 5.94. The van der Waals surface area contributed by atoms with Crippen molar-refractivity contribution >= 4 is 6.03 Å². The summed E-state index contributed by atoms with van der Waals surface area (Å²) in [6.07, 6.45) is 0. The summed E-state index contributed by atoms with van der Waals surface area (Å²) in [7, 11) is 1.71. The number of carbonyl (C=O) groups excluding carboxylic acids is 1. The third kappa shape index (κ3) is 3.63. The molecule has 1 atom stereocenters. The van der Waals surface area contributed by atoms with Crippen molar-refractivity contribution in [2.45, 2.75) is 33.4 Å². The molecule has 1 heterocycles. The van der Waals surface area contributed by atoms with Crippen molar-refractivity contribution < 1.29 is 13.7 Å². The van der Waals surface area contributed by atoms with Gasteiger partial charge in [0.15, 0.2) is 0 Å². The number of urea groups is 1. The summed E-state index contributed by atoms with van der Waals surface area (Å²) in [5.74, 6) is 0.418. The molecular weight excluding hydrogens is 285 g/mol. The molecule has 22 heavy (non-hydrogen) atoms. The van der Waals surface area contributed by atoms with Gasteiger partial charge in [0.2, 0.25) is 0 Å². The van der Waals surface area contributed by atoms with Gasteiger partial charge in [-0.1, -0.05) is 17.3 Å². The standard InChI is InChI=1S/C16H20FN3O2/c1-10(13-5-7-14(17)8-6-13)18-16(21)20(4)9-15-11(2)19-22-12(15)3/h5-8,10H,9H2,1-4H3,(H,18,21)/t10-/m1/s1. The highest BCUT2D eigenvalue weighted by Gasteiger charge is 2.17. The first-order valence-corrected chi connectivity index (χ1v) is 7.07. The Hall–Kier alpha value is -2.37. The van der Waals surface area contributed by atoms with E-state index in [1.165, 1.54) is 12.1 Å². The molecule has 2 aromatic rings. The lowest BCUT2D eigenvalue weighted by Crippen LogP contribution is -2.38. The second-order valence-corrected chi connectivity index (χ2v) is 5.38. The first kappa shape index (κ1) is 16.0. The highest BCUT2D eigenvalue weighted by Crippen LogP contribution is 2.16. The Bertz CT molecular complexity index is 632. The third-order valence-corrected chi connectivity index (χ3v) is 3.63. The first-order valence-electron chi connectivity index (χ1n) is 7.07. The van der Waals surface area contributed by atoms with Crippen molar-refractivity contribution in [1.82, 2.24) is 15.4 Å². The minimum absolute atomic E-state index is 0.208. The molecule has 2 rings (SSSR count). The highest BCUT2D eigenvalue weighted by molar-refractivity contribution is 5.74. The normalized spacial score (nSPS) is 12.0. The molecule has 2 amide bonds. The fraction of sp³-hybridized carbons (Fsp3) is 0.375. The van der Waals surface area contributed by atoms with Crippen molar-refractivity contribution in [3.05, 3.63) is 52.7 Å². The topological polar surface area (TPSA) is 58.4 Å². The number of rotatable bonds is 4. The molecule has 1 aromatic carbocycles. The molecular formula is C16H20FN3O2. The van der Waals surface area contributed by atoms with Gasteiger partial charge in [-0.2, -0.15) is 0 Å². The maximum Gasteiger partial charge on any atom is 0.317 e. The molecule has 1 aromatic heterocycles. The molecule has 0 saturated heterocycles. The summed E-state index contributed by atoms with van der Waals surface area (Å²) < 4.78 is 18.0. The van der Waals surface area contributed by atoms with Crippen LogP contribution in [0.5, 0.6) is 0 Å². The van der Waals surface area contributed by atoms with Crippen molar-refractivity contribution in [3.63, 3.8) is 0 Å². The molecule has 0 aliphatic carbocycles. The number of aryl methyl sites for hydroxylation is 2. The van der Waals surface area contributed by atoms with Crippen molar-refractivity contribution in [3.8, 4) is 0 Å². The number of amides is 2. The number of hydrogen-bond acceptors (Lipinski definition) is 3. The van der Waals surface area contributed by atoms with E-state index >= 15 is 0 Å². The van der Waals surface area contributed by atoms with Crippen LogP contribution in [-0.4, -0.2) is 23.1 Å². The van der Waals surface area contributed by atoms with Gasteiger partial charge in [0.25, 0.3) is 0 Å². The average Bonchev–Trinajstić information content (AvgIpc) is 2.79. The summed E-state index contributed by atoms with van der Waals surface area (Å²) in [5.41, 5.74) is 2.54. The summed E-state index contributed by atoms with van der Waals surface area (Å²) in [6, 6.07) is 5.66. The second kappa shape index (κ2) is 6.60. The Morgan fingerprint density at radius 1 is 1.36 bits per heavy atom. The zero-order valence-corrected chi connectivity index (χ0v) is 13.2. The molecule has 0 radical (unpaired) electrons. The monoisotopic (exact) mass is 305 g/mol. The van der Waals surface area contributed by atoms with Gasteiger partial charge in [0, 0.05) is 12.6 Å². The molecule has 0 fully saturated rings. The van der Waals surface area contributed by atoms with Gasteiger partial charge in [-0.15, -0.1) is 0 Å². The summed E-state index contributed by atoms with van der Waals surface area (Å²) >= 11 is 0. The quantitative estimate of drug-likeness (QED) is 0.942. The Morgan fingerprint density at radius 3 is 2.55 bits per heavy atom. The molecule has 5 nitrogen and oxygen atoms in total. The molecule has 0 aliphatic heterocycles. The van der Waals surface area contributed by atoms with Gasteiger partial charge in [0.1, 0.15) is 11.6 Å². The number of halogens is 1. The number of benzene rings is 1. The second-order valence-electron chi connectivity index (χ2n) is 5.38. The first-order chi connectivity index (χ1) is 10.4. The molecule has 0 bridgehead atoms. The van der Waals surface area contributed by atoms with Crippen LogP contribution < -0.4 is 5.32 Å². The van der Waals surface area contributed by atoms with E-state index in [1.54, 1.807) is 24.1 Å². The number of aromatic nitrogens is 1. The minimum atomic E-state index is -0.294. The Kier molecular flexibility index (Phi) is 4.80. The van der Waals surface area contributed by atoms with Gasteiger partial charge < -0.3 is 14.7 Å². The van der Waals surface area contributed by atoms with Crippen LogP contribution in [0.1, 0.15) is 35.5 Å². The molecule has 6 heteroatoms. The maximum atomic E-state index is 12.9. The SMILES string of the molecule is Cc1noc(C)c1CN(C)C(=O)N[C@H](C)c1ccc(F)cc1. The van der Waals surface area contributed by atoms with Crippen LogP contribution in [-0.2, 0) is 6.54 Å². The molecule has 118 valence electrons. The van der Waals surface area contributed by atoms with Crippen LogP contribution >= 0.6 is 0 Å². The van der Waals surface area contributed by atoms with Gasteiger partial charge >= 0.3 is 6.03 Å². The lowest BCUT2D eigenvalue weighted by Gasteiger charge is -2.21. The number of nitrogens with one attached hydrogen (secondary N) is 1. The minimum Gasteiger partial charge on any atom is -0.361 e. The fourth-order valence-corrected chi connectivity index (χ4v) is 2.17. The Balaban J connectivity index is 1.97. The van der Waals surface area contributed by atoms with Crippen molar-refractivity contribution in [1.29, 1.82) is 0 Å². The van der Waals surface area contributed by atoms with Crippen molar-refractivity contribution in [2.24, 2.45) is 0 Å². The predicted octanol–water partition coefficient (Wildman–Crippen LogP) is 3.33. The van der Waals surface area contributed by atoms with Gasteiger partial charge in [0.05, 0.1) is 18.3 Å². The summed E-state index contributed by atoms with van der Waals surface area (Å²) in [4.78, 5) is 13.8. The molecule has 0 unspecified atom stereocenters. The maximum absolute atomic E-state index is 12.9. The largest absolute Gasteiger partial charge is 0.361 e. The number of nitrogens with zero attached hydrogens (tertiary/aromatic N) is 2. The smallest absolute Gasteiger partial charge is 0.317 e. The zero-order valence-electron chi connectivity index (χ0n) is 13.2. The van der Waals surface area contributed by atoms with E-state index in [4.69, 9.17) is 4.52 Å². The third-order valence-electron chi connectivity index (χ3n) is 3.63. The zero-order chi connectivity index (χ0) is 16.3. The van der Waals surface area contributed by atoms with E-state index in [2.05, 4.69) is 10.5 Å². The van der Waals surface area contributed by atoms with E-state index in [-0.39, 0.29) is 17.9 Å². The predicted molar refractivity (Wildman–Crippen MR) is 80.8 cm³/mol. The van der Waals surface area contributed by atoms with E-state index < -0.39 is 0 Å². The van der Waals surface area contributed by atoms with Gasteiger partial charge in [-0.25, -0.2) is 9.18 Å². The van der Waals surface area contributed by atoms with Crippen LogP contribution in [0.15, 0.2) is 28.8 Å². The van der Waals surface area contributed by atoms with Gasteiger partial charge in [-0.05, 0) is 38.5 Å². The summed E-state index contributed by atoms with van der Waals surface area (Å²) in [5, 5.41) is 6.76. The van der Waals surface area contributed by atoms with E-state index in [0.29, 0.717) is 12.3 Å². The Morgan fingerprint density at radius 2 is 2.00 bits per heavy atom. The van der Waals surface area contributed by atoms with E-state index in [1.807, 2.05) is 20.8 Å². The molecule has 1 N–H and O–H groups in total. The van der Waals surface area contributed by atoms with Crippen LogP contribution in [0, 0.1) is 19.7 Å². The molecule has 0 saturated carbocycles. The van der Waals surface area contributed by atoms with E-state index in [9.17, 15) is 9.18 Å². The average molecular weight is 305 g/mol. The van der Waals surface area contributed by atoms with Crippen LogP contribution in [0.2, 0.25) is 0 Å². The van der Waals surface area contributed by atoms with Crippen molar-refractivity contribution in [2.75, 3.05) is 7.05 Å². The molecule has 0 spiro atoms. The lowest BCUT2D eigenvalue weighted by molar-refractivity contribution is 0.203. The Labute approximate surface area is 129 Å². The number of hydrogen-bond donors (Lipinski definition) is 1. The highest BCUT2D eigenvalue weighted by atomic mass is 19.1. The lowest BCUT2D eigenvalue weighted by atomic mass is 10.1. The van der Waals surface area contributed by atoms with Crippen LogP contribution in [0.4, 0.5) is 9.18 Å². The number of carbonyl (C=O) groups is 1. The fourth-order valence-electron chi connectivity index (χ4n) is 2.17. The van der Waals surface area contributed by atoms with Crippen LogP contribution in [0.3, 0.4) is 0 Å². The van der Waals surface area contributed by atoms with Gasteiger partial charge in [-0.3, -0.25) is 0 Å². The molecule has 0 aliphatic rings. The van der Waals surface area contributed by atoms with E-state index in [0.717, 1.165) is 16.8 Å².